The molecule has 1 heterocycles. The van der Waals surface area contributed by atoms with Gasteiger partial charge in [0.05, 0.1) is 18.1 Å². The Morgan fingerprint density at radius 1 is 1.64 bits per heavy atom. The Labute approximate surface area is 84.9 Å². The monoisotopic (exact) mass is 194 g/mol. The van der Waals surface area contributed by atoms with Gasteiger partial charge in [0.1, 0.15) is 0 Å². The predicted molar refractivity (Wildman–Crippen MR) is 55.0 cm³/mol. The van der Waals surface area contributed by atoms with Gasteiger partial charge in [0.2, 0.25) is 0 Å². The lowest BCUT2D eigenvalue weighted by molar-refractivity contribution is 0.0435. The molecule has 14 heavy (non-hydrogen) atoms. The number of rotatable bonds is 3. The minimum Gasteiger partial charge on any atom is -0.472 e. The van der Waals surface area contributed by atoms with Crippen LogP contribution in [0, 0.1) is 5.92 Å². The third kappa shape index (κ3) is 2.01. The number of aliphatic hydroxyl groups is 1. The zero-order chi connectivity index (χ0) is 10.0. The van der Waals surface area contributed by atoms with Gasteiger partial charge in [-0.1, -0.05) is 13.3 Å². The standard InChI is InChI=1S/C12H18O2/c1-2-10-3-5-12(13,7-10)8-11-4-6-14-9-11/h4,6,9-10,13H,2-3,5,7-8H2,1H3. The first-order valence-corrected chi connectivity index (χ1v) is 5.45. The summed E-state index contributed by atoms with van der Waals surface area (Å²) in [6.45, 7) is 2.20. The average Bonchev–Trinajstić information content (AvgIpc) is 2.76. The minimum absolute atomic E-state index is 0.468. The topological polar surface area (TPSA) is 33.4 Å². The number of hydrogen-bond donors (Lipinski definition) is 1. The summed E-state index contributed by atoms with van der Waals surface area (Å²) >= 11 is 0. The van der Waals surface area contributed by atoms with Crippen molar-refractivity contribution in [3.63, 3.8) is 0 Å². The Morgan fingerprint density at radius 3 is 3.07 bits per heavy atom. The summed E-state index contributed by atoms with van der Waals surface area (Å²) in [5.41, 5.74) is 0.647. The van der Waals surface area contributed by atoms with E-state index < -0.39 is 5.60 Å². The Morgan fingerprint density at radius 2 is 2.50 bits per heavy atom. The summed E-state index contributed by atoms with van der Waals surface area (Å²) in [6, 6.07) is 1.94. The lowest BCUT2D eigenvalue weighted by Crippen LogP contribution is -2.27. The van der Waals surface area contributed by atoms with Crippen LogP contribution in [0.1, 0.15) is 38.2 Å². The van der Waals surface area contributed by atoms with Crippen LogP contribution in [0.3, 0.4) is 0 Å². The van der Waals surface area contributed by atoms with Crippen molar-refractivity contribution < 1.29 is 9.52 Å². The maximum Gasteiger partial charge on any atom is 0.0935 e. The third-order valence-corrected chi connectivity index (χ3v) is 3.38. The summed E-state index contributed by atoms with van der Waals surface area (Å²) in [7, 11) is 0. The van der Waals surface area contributed by atoms with Crippen molar-refractivity contribution in [1.29, 1.82) is 0 Å². The summed E-state index contributed by atoms with van der Waals surface area (Å²) in [5.74, 6) is 0.715. The first-order chi connectivity index (χ1) is 6.72. The van der Waals surface area contributed by atoms with E-state index in [-0.39, 0.29) is 0 Å². The summed E-state index contributed by atoms with van der Waals surface area (Å²) in [4.78, 5) is 0. The van der Waals surface area contributed by atoms with E-state index in [2.05, 4.69) is 6.92 Å². The van der Waals surface area contributed by atoms with Gasteiger partial charge in [-0.25, -0.2) is 0 Å². The molecular weight excluding hydrogens is 176 g/mol. The van der Waals surface area contributed by atoms with Gasteiger partial charge in [0.15, 0.2) is 0 Å². The molecule has 0 radical (unpaired) electrons. The second-order valence-corrected chi connectivity index (χ2v) is 4.55. The van der Waals surface area contributed by atoms with E-state index in [0.717, 1.165) is 24.8 Å². The molecule has 2 rings (SSSR count). The summed E-state index contributed by atoms with van der Waals surface area (Å²) in [5, 5.41) is 10.3. The fourth-order valence-electron chi connectivity index (χ4n) is 2.50. The van der Waals surface area contributed by atoms with E-state index >= 15 is 0 Å². The Kier molecular flexibility index (Phi) is 2.64. The van der Waals surface area contributed by atoms with Gasteiger partial charge < -0.3 is 9.52 Å². The lowest BCUT2D eigenvalue weighted by Gasteiger charge is -2.21. The zero-order valence-corrected chi connectivity index (χ0v) is 8.70. The third-order valence-electron chi connectivity index (χ3n) is 3.38. The first-order valence-electron chi connectivity index (χ1n) is 5.45. The smallest absolute Gasteiger partial charge is 0.0935 e. The quantitative estimate of drug-likeness (QED) is 0.802. The summed E-state index contributed by atoms with van der Waals surface area (Å²) < 4.78 is 5.01. The molecule has 2 heteroatoms. The molecule has 0 aliphatic heterocycles. The van der Waals surface area contributed by atoms with Gasteiger partial charge in [-0.3, -0.25) is 0 Å². The normalized spacial score (nSPS) is 32.3. The van der Waals surface area contributed by atoms with E-state index in [4.69, 9.17) is 4.42 Å². The van der Waals surface area contributed by atoms with Crippen LogP contribution >= 0.6 is 0 Å². The van der Waals surface area contributed by atoms with Gasteiger partial charge in [-0.2, -0.15) is 0 Å². The van der Waals surface area contributed by atoms with Crippen molar-refractivity contribution in [2.75, 3.05) is 0 Å². The fourth-order valence-corrected chi connectivity index (χ4v) is 2.50. The van der Waals surface area contributed by atoms with Crippen LogP contribution in [0.4, 0.5) is 0 Å². The van der Waals surface area contributed by atoms with Crippen LogP contribution in [-0.4, -0.2) is 10.7 Å². The van der Waals surface area contributed by atoms with Crippen molar-refractivity contribution in [2.45, 2.75) is 44.6 Å². The molecule has 0 amide bonds. The second-order valence-electron chi connectivity index (χ2n) is 4.55. The molecule has 1 aromatic heterocycles. The molecule has 2 atom stereocenters. The highest BCUT2D eigenvalue weighted by Crippen LogP contribution is 2.38. The molecule has 78 valence electrons. The van der Waals surface area contributed by atoms with Crippen LogP contribution in [0.2, 0.25) is 0 Å². The van der Waals surface area contributed by atoms with Crippen molar-refractivity contribution >= 4 is 0 Å². The number of furan rings is 1. The van der Waals surface area contributed by atoms with Gasteiger partial charge in [0.25, 0.3) is 0 Å². The number of hydrogen-bond acceptors (Lipinski definition) is 2. The second kappa shape index (κ2) is 3.77. The minimum atomic E-state index is -0.468. The van der Waals surface area contributed by atoms with Gasteiger partial charge in [-0.05, 0) is 36.8 Å². The van der Waals surface area contributed by atoms with Crippen molar-refractivity contribution in [1.82, 2.24) is 0 Å². The summed E-state index contributed by atoms with van der Waals surface area (Å²) in [6.07, 6.45) is 8.41. The zero-order valence-electron chi connectivity index (χ0n) is 8.70. The highest BCUT2D eigenvalue weighted by atomic mass is 16.3. The van der Waals surface area contributed by atoms with Crippen LogP contribution in [0.5, 0.6) is 0 Å². The average molecular weight is 194 g/mol. The molecule has 1 aliphatic rings. The molecule has 1 aliphatic carbocycles. The lowest BCUT2D eigenvalue weighted by atomic mass is 9.92. The largest absolute Gasteiger partial charge is 0.472 e. The van der Waals surface area contributed by atoms with Crippen LogP contribution in [0.25, 0.3) is 0 Å². The van der Waals surface area contributed by atoms with E-state index in [0.29, 0.717) is 5.92 Å². The maximum atomic E-state index is 10.3. The fraction of sp³-hybridized carbons (Fsp3) is 0.667. The highest BCUT2D eigenvalue weighted by Gasteiger charge is 2.36. The maximum absolute atomic E-state index is 10.3. The molecule has 2 unspecified atom stereocenters. The SMILES string of the molecule is CCC1CCC(O)(Cc2ccoc2)C1. The predicted octanol–water partition coefficient (Wildman–Crippen LogP) is 2.76. The van der Waals surface area contributed by atoms with Gasteiger partial charge in [0, 0.05) is 6.42 Å². The van der Waals surface area contributed by atoms with Gasteiger partial charge >= 0.3 is 0 Å². The molecule has 1 aromatic rings. The molecule has 1 N–H and O–H groups in total. The molecule has 1 fully saturated rings. The Bertz CT molecular complexity index is 279. The Hall–Kier alpha value is -0.760. The molecule has 1 saturated carbocycles. The molecule has 0 saturated heterocycles. The van der Waals surface area contributed by atoms with Crippen LogP contribution < -0.4 is 0 Å². The van der Waals surface area contributed by atoms with E-state index in [1.165, 1.54) is 12.8 Å². The highest BCUT2D eigenvalue weighted by molar-refractivity contribution is 5.10. The van der Waals surface area contributed by atoms with E-state index in [1.54, 1.807) is 12.5 Å². The first kappa shape index (κ1) is 9.78. The van der Waals surface area contributed by atoms with E-state index in [1.807, 2.05) is 6.07 Å². The molecule has 0 bridgehead atoms. The van der Waals surface area contributed by atoms with Crippen molar-refractivity contribution in [3.8, 4) is 0 Å². The molecule has 2 nitrogen and oxygen atoms in total. The van der Waals surface area contributed by atoms with E-state index in [9.17, 15) is 5.11 Å². The van der Waals surface area contributed by atoms with Gasteiger partial charge in [-0.15, -0.1) is 0 Å². The van der Waals surface area contributed by atoms with Crippen molar-refractivity contribution in [3.05, 3.63) is 24.2 Å². The van der Waals surface area contributed by atoms with Crippen molar-refractivity contribution in [2.24, 2.45) is 5.92 Å². The molecule has 0 aromatic carbocycles. The van der Waals surface area contributed by atoms with Crippen LogP contribution in [0.15, 0.2) is 23.0 Å². The van der Waals surface area contributed by atoms with Crippen LogP contribution in [-0.2, 0) is 6.42 Å². The molecule has 0 spiro atoms. The Balaban J connectivity index is 1.97. The molecular formula is C12H18O2.